The minimum Gasteiger partial charge on any atom is -0.504 e. The van der Waals surface area contributed by atoms with Gasteiger partial charge < -0.3 is 44.5 Å². The number of hydrogen-bond donors (Lipinski definition) is 5. The number of hydrogen-bond acceptors (Lipinski definition) is 11. The quantitative estimate of drug-likeness (QED) is 0.265. The summed E-state index contributed by atoms with van der Waals surface area (Å²) < 4.78 is 20.3. The van der Waals surface area contributed by atoms with Gasteiger partial charge in [0.2, 0.25) is 12.5 Å². The minimum atomic E-state index is -1.00. The van der Waals surface area contributed by atoms with Gasteiger partial charge in [-0.3, -0.25) is 4.79 Å². The fourth-order valence-electron chi connectivity index (χ4n) is 2.91. The van der Waals surface area contributed by atoms with Gasteiger partial charge in [-0.25, -0.2) is 4.79 Å². The van der Waals surface area contributed by atoms with Crippen LogP contribution < -0.4 is 9.47 Å². The van der Waals surface area contributed by atoms with Crippen LogP contribution in [-0.4, -0.2) is 50.4 Å². The molecule has 11 nitrogen and oxygen atoms in total. The molecule has 31 heavy (non-hydrogen) atoms. The molecule has 3 rings (SSSR count). The third-order valence-electron chi connectivity index (χ3n) is 4.31. The van der Waals surface area contributed by atoms with Crippen LogP contribution in [0.15, 0.2) is 18.2 Å². The molecular formula is C20H20O11. The van der Waals surface area contributed by atoms with Crippen LogP contribution >= 0.6 is 0 Å². The molecule has 11 heteroatoms. The van der Waals surface area contributed by atoms with E-state index < -0.39 is 59.7 Å². The molecule has 1 aliphatic rings. The van der Waals surface area contributed by atoms with Crippen molar-refractivity contribution in [3.05, 3.63) is 29.3 Å². The number of benzene rings is 2. The summed E-state index contributed by atoms with van der Waals surface area (Å²) in [5.41, 5.74) is -0.102. The smallest absolute Gasteiger partial charge is 0.504 e. The second-order valence-corrected chi connectivity index (χ2v) is 6.91. The first kappa shape index (κ1) is 21.7. The Balaban J connectivity index is 1.84. The van der Waals surface area contributed by atoms with Crippen LogP contribution in [0, 0.1) is 0 Å². The number of rotatable bonds is 5. The van der Waals surface area contributed by atoms with E-state index in [1.807, 2.05) is 0 Å². The number of ketones is 1. The molecule has 2 aromatic rings. The van der Waals surface area contributed by atoms with Gasteiger partial charge in [0.15, 0.2) is 34.5 Å². The van der Waals surface area contributed by atoms with Crippen LogP contribution in [-0.2, 0) is 9.47 Å². The molecule has 0 saturated carbocycles. The molecule has 0 radical (unpaired) electrons. The van der Waals surface area contributed by atoms with E-state index in [0.717, 1.165) is 18.2 Å². The molecule has 166 valence electrons. The molecule has 1 unspecified atom stereocenters. The number of phenolic OH excluding ortho intramolecular Hbond substituents is 5. The van der Waals surface area contributed by atoms with Gasteiger partial charge >= 0.3 is 6.16 Å². The van der Waals surface area contributed by atoms with E-state index in [0.29, 0.717) is 0 Å². The highest BCUT2D eigenvalue weighted by Crippen LogP contribution is 2.49. The van der Waals surface area contributed by atoms with Gasteiger partial charge in [-0.1, -0.05) is 0 Å². The Bertz CT molecular complexity index is 1010. The van der Waals surface area contributed by atoms with Crippen molar-refractivity contribution in [1.82, 2.24) is 0 Å². The van der Waals surface area contributed by atoms with E-state index in [1.165, 1.54) is 0 Å². The predicted molar refractivity (Wildman–Crippen MR) is 102 cm³/mol. The highest BCUT2D eigenvalue weighted by atomic mass is 16.8. The molecular weight excluding hydrogens is 416 g/mol. The summed E-state index contributed by atoms with van der Waals surface area (Å²) in [5, 5.41) is 49.2. The molecule has 5 N–H and O–H groups in total. The standard InChI is InChI=1S/C20H20O11/c1-8(2)30-20(27)29-7-28-15-6-14-16(19(26)18(15)25)10(21)5-13(31-14)9-3-11(22)17(24)12(23)4-9/h3-4,6,8,13,22-26H,5,7H2,1-2H3. The Kier molecular flexibility index (Phi) is 5.86. The summed E-state index contributed by atoms with van der Waals surface area (Å²) in [7, 11) is 0. The van der Waals surface area contributed by atoms with Crippen molar-refractivity contribution in [3.63, 3.8) is 0 Å². The molecule has 0 aromatic heterocycles. The van der Waals surface area contributed by atoms with Crippen molar-refractivity contribution in [2.45, 2.75) is 32.5 Å². The Morgan fingerprint density at radius 2 is 1.71 bits per heavy atom. The van der Waals surface area contributed by atoms with E-state index in [-0.39, 0.29) is 29.0 Å². The van der Waals surface area contributed by atoms with Crippen molar-refractivity contribution in [3.8, 4) is 40.2 Å². The first-order valence-electron chi connectivity index (χ1n) is 9.08. The number of carbonyl (C=O) groups is 2. The zero-order valence-electron chi connectivity index (χ0n) is 16.5. The first-order chi connectivity index (χ1) is 14.6. The maximum Gasteiger partial charge on any atom is 0.511 e. The lowest BCUT2D eigenvalue weighted by atomic mass is 9.94. The molecule has 0 amide bonds. The summed E-state index contributed by atoms with van der Waals surface area (Å²) in [5.74, 6) is -4.55. The van der Waals surface area contributed by atoms with Crippen molar-refractivity contribution in [2.75, 3.05) is 6.79 Å². The number of carbonyl (C=O) groups excluding carboxylic acids is 2. The van der Waals surface area contributed by atoms with E-state index in [1.54, 1.807) is 13.8 Å². The number of aromatic hydroxyl groups is 5. The molecule has 0 spiro atoms. The summed E-state index contributed by atoms with van der Waals surface area (Å²) >= 11 is 0. The number of phenols is 5. The molecule has 1 atom stereocenters. The predicted octanol–water partition coefficient (Wildman–Crippen LogP) is 2.82. The monoisotopic (exact) mass is 436 g/mol. The van der Waals surface area contributed by atoms with Crippen LogP contribution in [0.3, 0.4) is 0 Å². The van der Waals surface area contributed by atoms with E-state index in [4.69, 9.17) is 14.2 Å². The molecule has 1 aliphatic heterocycles. The number of fused-ring (bicyclic) bond motifs is 1. The number of Topliss-reactive ketones (excluding diaryl/α,β-unsaturated/α-hetero) is 1. The lowest BCUT2D eigenvalue weighted by molar-refractivity contribution is -0.00900. The van der Waals surface area contributed by atoms with Gasteiger partial charge in [-0.2, -0.15) is 0 Å². The zero-order valence-corrected chi connectivity index (χ0v) is 16.5. The average Bonchev–Trinajstić information content (AvgIpc) is 2.68. The summed E-state index contributed by atoms with van der Waals surface area (Å²) in [6.45, 7) is 2.58. The molecule has 0 saturated heterocycles. The van der Waals surface area contributed by atoms with Crippen LogP contribution in [0.5, 0.6) is 40.2 Å². The van der Waals surface area contributed by atoms with Crippen molar-refractivity contribution in [2.24, 2.45) is 0 Å². The van der Waals surface area contributed by atoms with Crippen LogP contribution in [0.4, 0.5) is 4.79 Å². The van der Waals surface area contributed by atoms with Crippen LogP contribution in [0.1, 0.15) is 42.3 Å². The van der Waals surface area contributed by atoms with Crippen molar-refractivity contribution < 1.29 is 54.1 Å². The Hall–Kier alpha value is -4.02. The largest absolute Gasteiger partial charge is 0.511 e. The lowest BCUT2D eigenvalue weighted by Crippen LogP contribution is -2.21. The average molecular weight is 436 g/mol. The summed E-state index contributed by atoms with van der Waals surface area (Å²) in [6, 6.07) is 3.35. The maximum atomic E-state index is 12.5. The normalized spacial score (nSPS) is 15.2. The first-order valence-corrected chi connectivity index (χ1v) is 9.08. The topological polar surface area (TPSA) is 172 Å². The van der Waals surface area contributed by atoms with E-state index in [9.17, 15) is 35.1 Å². The van der Waals surface area contributed by atoms with Gasteiger partial charge in [0.1, 0.15) is 17.4 Å². The maximum absolute atomic E-state index is 12.5. The van der Waals surface area contributed by atoms with Gasteiger partial charge in [0.05, 0.1) is 12.5 Å². The van der Waals surface area contributed by atoms with Gasteiger partial charge in [-0.05, 0) is 26.0 Å². The molecule has 0 aliphatic carbocycles. The van der Waals surface area contributed by atoms with Gasteiger partial charge in [0, 0.05) is 11.6 Å². The Morgan fingerprint density at radius 3 is 2.32 bits per heavy atom. The molecule has 0 bridgehead atoms. The Morgan fingerprint density at radius 1 is 1.06 bits per heavy atom. The highest BCUT2D eigenvalue weighted by molar-refractivity contribution is 6.03. The van der Waals surface area contributed by atoms with Crippen LogP contribution in [0.25, 0.3) is 0 Å². The summed E-state index contributed by atoms with van der Waals surface area (Å²) in [6.07, 6.45) is -2.68. The van der Waals surface area contributed by atoms with E-state index in [2.05, 4.69) is 4.74 Å². The Labute approximate surface area is 175 Å². The van der Waals surface area contributed by atoms with Gasteiger partial charge in [-0.15, -0.1) is 0 Å². The molecule has 2 aromatic carbocycles. The van der Waals surface area contributed by atoms with Gasteiger partial charge in [0.25, 0.3) is 0 Å². The zero-order chi connectivity index (χ0) is 22.9. The highest BCUT2D eigenvalue weighted by Gasteiger charge is 2.34. The third kappa shape index (κ3) is 4.44. The third-order valence-corrected chi connectivity index (χ3v) is 4.31. The fourth-order valence-corrected chi connectivity index (χ4v) is 2.91. The second-order valence-electron chi connectivity index (χ2n) is 6.91. The number of ether oxygens (including phenoxy) is 4. The second kappa shape index (κ2) is 8.38. The minimum absolute atomic E-state index is 0.150. The van der Waals surface area contributed by atoms with Crippen LogP contribution in [0.2, 0.25) is 0 Å². The molecule has 1 heterocycles. The fraction of sp³-hybridized carbons (Fsp3) is 0.300. The SMILES string of the molecule is CC(C)OC(=O)OCOc1cc2c(c(O)c1O)C(=O)CC(c1cc(O)c(O)c(O)c1)O2. The van der Waals surface area contributed by atoms with E-state index >= 15 is 0 Å². The lowest BCUT2D eigenvalue weighted by Gasteiger charge is -2.27. The molecule has 0 fully saturated rings. The summed E-state index contributed by atoms with van der Waals surface area (Å²) in [4.78, 5) is 23.9. The van der Waals surface area contributed by atoms with Crippen molar-refractivity contribution >= 4 is 11.9 Å². The van der Waals surface area contributed by atoms with Crippen molar-refractivity contribution in [1.29, 1.82) is 0 Å².